The van der Waals surface area contributed by atoms with Gasteiger partial charge in [0, 0.05) is 0 Å². The molecular weight excluding hydrogens is 252 g/mol. The fourth-order valence-corrected chi connectivity index (χ4v) is 2.74. The van der Waals surface area contributed by atoms with E-state index in [-0.39, 0.29) is 0 Å². The minimum Gasteiger partial charge on any atom is -0.0885 e. The Hall–Kier alpha value is -0.260. The quantitative estimate of drug-likeness (QED) is 0.189. The van der Waals surface area contributed by atoms with Crippen LogP contribution in [0.15, 0.2) is 12.2 Å². The minimum absolute atomic E-state index is 1.03. The van der Waals surface area contributed by atoms with Crippen LogP contribution in [0.1, 0.15) is 109 Å². The summed E-state index contributed by atoms with van der Waals surface area (Å²) in [5.74, 6) is 0. The predicted octanol–water partition coefficient (Wildman–Crippen LogP) is 7.84. The number of unbranched alkanes of at least 4 members (excludes halogenated alkanes) is 15. The average molecular weight is 293 g/mol. The summed E-state index contributed by atoms with van der Waals surface area (Å²) in [5, 5.41) is 0. The van der Waals surface area contributed by atoms with E-state index in [0.29, 0.717) is 0 Å². The summed E-state index contributed by atoms with van der Waals surface area (Å²) in [6.45, 7) is 7.73. The van der Waals surface area contributed by atoms with Crippen molar-refractivity contribution in [2.75, 3.05) is 0 Å². The molecule has 0 aliphatic heterocycles. The molecule has 0 aromatic carbocycles. The summed E-state index contributed by atoms with van der Waals surface area (Å²) >= 11 is 0. The van der Waals surface area contributed by atoms with Crippen molar-refractivity contribution in [1.82, 2.24) is 0 Å². The van der Waals surface area contributed by atoms with Crippen LogP contribution in [-0.2, 0) is 0 Å². The Balaban J connectivity index is 2.96. The molecule has 0 N–H and O–H groups in total. The molecule has 0 atom stereocenters. The number of allylic oxidation sites excluding steroid dienone is 2. The Morgan fingerprint density at radius 3 is 1.19 bits per heavy atom. The van der Waals surface area contributed by atoms with Crippen LogP contribution in [0.3, 0.4) is 0 Å². The number of hydrogen-bond donors (Lipinski definition) is 0. The Bertz CT molecular complexity index is 192. The van der Waals surface area contributed by atoms with Gasteiger partial charge in [-0.3, -0.25) is 0 Å². The molecule has 2 radical (unpaired) electrons. The summed E-state index contributed by atoms with van der Waals surface area (Å²) in [4.78, 5) is 0. The minimum atomic E-state index is 1.03. The van der Waals surface area contributed by atoms with Crippen LogP contribution in [0.25, 0.3) is 0 Å². The molecule has 0 rings (SSSR count). The van der Waals surface area contributed by atoms with Gasteiger partial charge in [0.1, 0.15) is 0 Å². The molecule has 124 valence electrons. The van der Waals surface area contributed by atoms with Gasteiger partial charge in [-0.2, -0.15) is 0 Å². The van der Waals surface area contributed by atoms with Gasteiger partial charge >= 0.3 is 0 Å². The van der Waals surface area contributed by atoms with Gasteiger partial charge in [0.15, 0.2) is 0 Å². The fourth-order valence-electron chi connectivity index (χ4n) is 2.74. The fraction of sp³-hybridized carbons (Fsp3) is 0.810. The molecule has 0 aliphatic carbocycles. The molecule has 0 aromatic rings. The van der Waals surface area contributed by atoms with Crippen LogP contribution in [-0.4, -0.2) is 0 Å². The van der Waals surface area contributed by atoms with Gasteiger partial charge in [-0.1, -0.05) is 109 Å². The third kappa shape index (κ3) is 19.7. The summed E-state index contributed by atoms with van der Waals surface area (Å²) < 4.78 is 0. The summed E-state index contributed by atoms with van der Waals surface area (Å²) in [6, 6.07) is 0. The van der Waals surface area contributed by atoms with Gasteiger partial charge in [0.2, 0.25) is 0 Å². The van der Waals surface area contributed by atoms with Gasteiger partial charge in [0.25, 0.3) is 0 Å². The topological polar surface area (TPSA) is 0 Å². The van der Waals surface area contributed by atoms with Gasteiger partial charge in [-0.05, 0) is 25.7 Å². The van der Waals surface area contributed by atoms with Crippen LogP contribution in [0.4, 0.5) is 0 Å². The van der Waals surface area contributed by atoms with E-state index in [1.165, 1.54) is 89.9 Å². The molecule has 0 aliphatic rings. The Morgan fingerprint density at radius 2 is 0.762 bits per heavy atom. The molecule has 0 fully saturated rings. The first-order valence-electron chi connectivity index (χ1n) is 9.65. The number of hydrogen-bond acceptors (Lipinski definition) is 0. The van der Waals surface area contributed by atoms with Crippen LogP contribution < -0.4 is 0 Å². The highest BCUT2D eigenvalue weighted by Crippen LogP contribution is 2.13. The van der Waals surface area contributed by atoms with E-state index in [0.717, 1.165) is 19.3 Å². The second kappa shape index (κ2) is 19.7. The van der Waals surface area contributed by atoms with Crippen molar-refractivity contribution in [3.63, 3.8) is 0 Å². The standard InChI is InChI=1S/C21H40/c1-3-5-7-9-11-13-15-17-19-21-20-18-16-14-12-10-8-6-4-2/h7,9H,1-6,8,10-21H2/b9-7+. The van der Waals surface area contributed by atoms with Crippen LogP contribution in [0.5, 0.6) is 0 Å². The van der Waals surface area contributed by atoms with E-state index in [1.807, 2.05) is 0 Å². The highest BCUT2D eigenvalue weighted by molar-refractivity contribution is 4.81. The van der Waals surface area contributed by atoms with Crippen LogP contribution >= 0.6 is 0 Å². The number of rotatable bonds is 17. The maximum atomic E-state index is 3.89. The van der Waals surface area contributed by atoms with Crippen LogP contribution in [0, 0.1) is 13.8 Å². The van der Waals surface area contributed by atoms with Crippen molar-refractivity contribution in [2.24, 2.45) is 0 Å². The van der Waals surface area contributed by atoms with E-state index >= 15 is 0 Å². The lowest BCUT2D eigenvalue weighted by molar-refractivity contribution is 0.537. The molecule has 0 aromatic heterocycles. The Labute approximate surface area is 135 Å². The lowest BCUT2D eigenvalue weighted by Crippen LogP contribution is -1.83. The van der Waals surface area contributed by atoms with Crippen molar-refractivity contribution in [2.45, 2.75) is 109 Å². The molecule has 0 saturated heterocycles. The molecule has 0 heterocycles. The second-order valence-electron chi connectivity index (χ2n) is 6.35. The van der Waals surface area contributed by atoms with Crippen molar-refractivity contribution >= 4 is 0 Å². The predicted molar refractivity (Wildman–Crippen MR) is 98.3 cm³/mol. The first-order valence-corrected chi connectivity index (χ1v) is 9.65. The Morgan fingerprint density at radius 1 is 0.381 bits per heavy atom. The molecule has 21 heavy (non-hydrogen) atoms. The van der Waals surface area contributed by atoms with Gasteiger partial charge in [-0.25, -0.2) is 0 Å². The normalized spacial score (nSPS) is 11.5. The van der Waals surface area contributed by atoms with Gasteiger partial charge in [0.05, 0.1) is 0 Å². The molecular formula is C21H40. The summed E-state index contributed by atoms with van der Waals surface area (Å²) in [5.41, 5.74) is 0. The third-order valence-electron chi connectivity index (χ3n) is 4.16. The zero-order valence-corrected chi connectivity index (χ0v) is 14.6. The summed E-state index contributed by atoms with van der Waals surface area (Å²) in [6.07, 6.45) is 27.8. The maximum absolute atomic E-state index is 3.89. The van der Waals surface area contributed by atoms with E-state index in [2.05, 4.69) is 26.0 Å². The molecule has 0 saturated carbocycles. The van der Waals surface area contributed by atoms with Crippen molar-refractivity contribution in [1.29, 1.82) is 0 Å². The maximum Gasteiger partial charge on any atom is -0.0351 e. The zero-order valence-electron chi connectivity index (χ0n) is 14.6. The second-order valence-corrected chi connectivity index (χ2v) is 6.35. The monoisotopic (exact) mass is 292 g/mol. The highest BCUT2D eigenvalue weighted by Gasteiger charge is 1.93. The van der Waals surface area contributed by atoms with Gasteiger partial charge in [-0.15, -0.1) is 0 Å². The average Bonchev–Trinajstić information content (AvgIpc) is 2.50. The first kappa shape index (κ1) is 20.7. The third-order valence-corrected chi connectivity index (χ3v) is 4.16. The molecule has 0 bridgehead atoms. The SMILES string of the molecule is [CH2]CC/C=C/CCCCCCCCCCCCCCC[CH2]. The molecule has 0 amide bonds. The molecule has 0 unspecified atom stereocenters. The van der Waals surface area contributed by atoms with E-state index < -0.39 is 0 Å². The molecule has 0 nitrogen and oxygen atoms in total. The Kier molecular flexibility index (Phi) is 19.5. The molecule has 0 spiro atoms. The van der Waals surface area contributed by atoms with Crippen molar-refractivity contribution in [3.05, 3.63) is 26.0 Å². The lowest BCUT2D eigenvalue weighted by atomic mass is 10.0. The van der Waals surface area contributed by atoms with E-state index in [9.17, 15) is 0 Å². The van der Waals surface area contributed by atoms with Crippen LogP contribution in [0.2, 0.25) is 0 Å². The first-order chi connectivity index (χ1) is 10.4. The van der Waals surface area contributed by atoms with Crippen molar-refractivity contribution in [3.8, 4) is 0 Å². The van der Waals surface area contributed by atoms with E-state index in [1.54, 1.807) is 0 Å². The zero-order chi connectivity index (χ0) is 15.4. The summed E-state index contributed by atoms with van der Waals surface area (Å²) in [7, 11) is 0. The molecule has 0 heteroatoms. The smallest absolute Gasteiger partial charge is 0.0351 e. The van der Waals surface area contributed by atoms with Gasteiger partial charge < -0.3 is 0 Å². The largest absolute Gasteiger partial charge is 0.0885 e. The highest BCUT2D eigenvalue weighted by atomic mass is 14.0. The van der Waals surface area contributed by atoms with E-state index in [4.69, 9.17) is 0 Å². The van der Waals surface area contributed by atoms with Crippen molar-refractivity contribution < 1.29 is 0 Å². The lowest BCUT2D eigenvalue weighted by Gasteiger charge is -2.02.